The highest BCUT2D eigenvalue weighted by Gasteiger charge is 2.31. The Morgan fingerprint density at radius 3 is 2.58 bits per heavy atom. The molecule has 4 heterocycles. The van der Waals surface area contributed by atoms with Crippen LogP contribution in [0.4, 0.5) is 16.0 Å². The zero-order chi connectivity index (χ0) is 27.2. The Kier molecular flexibility index (Phi) is 8.48. The van der Waals surface area contributed by atoms with Gasteiger partial charge in [-0.2, -0.15) is 5.10 Å². The number of rotatable bonds is 11. The Bertz CT molecular complexity index is 1360. The van der Waals surface area contributed by atoms with E-state index in [0.717, 1.165) is 65.8 Å². The first kappa shape index (κ1) is 26.9. The third-order valence-electron chi connectivity index (χ3n) is 6.26. The highest BCUT2D eigenvalue weighted by Crippen LogP contribution is 2.38. The standard InChI is InChI=1S/C29H34FN7O/c1-6-7-8-13-31-17-23-21(5)37-28(14-25(35-37)24-11-9-20(4)15-32-24)36(29(23)19(2)3)18-27(38)34-26-12-10-22(30)16-33-26/h9-12,14-16,31H,2,5-8,13,17-18H2,1,3-4H3,(H,33,34,38). The number of amides is 1. The summed E-state index contributed by atoms with van der Waals surface area (Å²) >= 11 is 0. The third-order valence-corrected chi connectivity index (χ3v) is 6.26. The number of carbonyl (C=O) groups is 1. The lowest BCUT2D eigenvalue weighted by Crippen LogP contribution is -2.39. The van der Waals surface area contributed by atoms with Gasteiger partial charge < -0.3 is 15.5 Å². The molecule has 8 nitrogen and oxygen atoms in total. The molecular formula is C29H34FN7O. The van der Waals surface area contributed by atoms with Crippen molar-refractivity contribution in [2.45, 2.75) is 40.0 Å². The van der Waals surface area contributed by atoms with E-state index in [0.29, 0.717) is 18.1 Å². The average molecular weight is 516 g/mol. The van der Waals surface area contributed by atoms with E-state index in [1.165, 1.54) is 12.1 Å². The number of hydrogen-bond acceptors (Lipinski definition) is 6. The molecule has 2 N–H and O–H groups in total. The van der Waals surface area contributed by atoms with E-state index in [1.807, 2.05) is 36.9 Å². The van der Waals surface area contributed by atoms with Gasteiger partial charge in [0.15, 0.2) is 0 Å². The first-order chi connectivity index (χ1) is 18.3. The smallest absolute Gasteiger partial charge is 0.245 e. The molecule has 3 aromatic heterocycles. The summed E-state index contributed by atoms with van der Waals surface area (Å²) in [5.74, 6) is 0.174. The first-order valence-corrected chi connectivity index (χ1v) is 12.8. The number of halogens is 1. The Morgan fingerprint density at radius 2 is 1.92 bits per heavy atom. The maximum Gasteiger partial charge on any atom is 0.245 e. The normalized spacial score (nSPS) is 13.1. The van der Waals surface area contributed by atoms with Gasteiger partial charge in [-0.1, -0.05) is 39.0 Å². The molecule has 0 atom stereocenters. The third kappa shape index (κ3) is 6.06. The predicted molar refractivity (Wildman–Crippen MR) is 150 cm³/mol. The number of pyridine rings is 2. The summed E-state index contributed by atoms with van der Waals surface area (Å²) in [7, 11) is 0. The topological polar surface area (TPSA) is 88.0 Å². The fraction of sp³-hybridized carbons (Fsp3) is 0.310. The SMILES string of the molecule is C=C(C)C1=C(CNCCCCC)C(=C)n2nc(-c3ccc(C)cn3)cc2N1CC(=O)Nc1ccc(F)cn1. The van der Waals surface area contributed by atoms with E-state index in [-0.39, 0.29) is 18.3 Å². The zero-order valence-corrected chi connectivity index (χ0v) is 22.2. The van der Waals surface area contributed by atoms with Crippen LogP contribution in [0.2, 0.25) is 0 Å². The van der Waals surface area contributed by atoms with Gasteiger partial charge in [-0.3, -0.25) is 9.78 Å². The van der Waals surface area contributed by atoms with Gasteiger partial charge in [0.1, 0.15) is 29.7 Å². The number of aromatic nitrogens is 4. The monoisotopic (exact) mass is 515 g/mol. The summed E-state index contributed by atoms with van der Waals surface area (Å²) in [6.45, 7) is 16.1. The molecule has 0 aliphatic carbocycles. The molecule has 0 fully saturated rings. The van der Waals surface area contributed by atoms with Crippen LogP contribution >= 0.6 is 0 Å². The van der Waals surface area contributed by atoms with Gasteiger partial charge in [0, 0.05) is 24.4 Å². The molecule has 3 aromatic rings. The summed E-state index contributed by atoms with van der Waals surface area (Å²) in [4.78, 5) is 23.5. The number of carbonyl (C=O) groups excluding carboxylic acids is 1. The summed E-state index contributed by atoms with van der Waals surface area (Å²) in [5, 5.41) is 11.1. The molecule has 38 heavy (non-hydrogen) atoms. The molecule has 0 bridgehead atoms. The van der Waals surface area contributed by atoms with Crippen molar-refractivity contribution in [3.05, 3.63) is 84.1 Å². The Balaban J connectivity index is 1.70. The molecule has 0 unspecified atom stereocenters. The van der Waals surface area contributed by atoms with Gasteiger partial charge in [-0.15, -0.1) is 0 Å². The molecule has 1 amide bonds. The number of fused-ring (bicyclic) bond motifs is 1. The molecule has 1 aliphatic heterocycles. The summed E-state index contributed by atoms with van der Waals surface area (Å²) < 4.78 is 15.0. The second-order valence-corrected chi connectivity index (χ2v) is 9.45. The van der Waals surface area contributed by atoms with Crippen molar-refractivity contribution >= 4 is 23.2 Å². The van der Waals surface area contributed by atoms with Gasteiger partial charge in [-0.05, 0) is 56.1 Å². The maximum absolute atomic E-state index is 13.3. The second-order valence-electron chi connectivity index (χ2n) is 9.45. The van der Waals surface area contributed by atoms with E-state index >= 15 is 0 Å². The van der Waals surface area contributed by atoms with Gasteiger partial charge in [0.2, 0.25) is 5.91 Å². The summed E-state index contributed by atoms with van der Waals surface area (Å²) in [6.07, 6.45) is 6.24. The molecule has 4 rings (SSSR count). The Morgan fingerprint density at radius 1 is 1.11 bits per heavy atom. The van der Waals surface area contributed by atoms with Crippen LogP contribution in [-0.4, -0.2) is 45.3 Å². The van der Waals surface area contributed by atoms with Crippen LogP contribution in [0.25, 0.3) is 17.1 Å². The molecular weight excluding hydrogens is 481 g/mol. The van der Waals surface area contributed by atoms with Crippen LogP contribution in [-0.2, 0) is 4.79 Å². The van der Waals surface area contributed by atoms with Crippen LogP contribution in [0, 0.1) is 12.7 Å². The predicted octanol–water partition coefficient (Wildman–Crippen LogP) is 5.33. The van der Waals surface area contributed by atoms with Gasteiger partial charge in [0.05, 0.1) is 23.3 Å². The lowest BCUT2D eigenvalue weighted by atomic mass is 10.0. The minimum atomic E-state index is -0.470. The van der Waals surface area contributed by atoms with Crippen molar-refractivity contribution in [2.24, 2.45) is 0 Å². The molecule has 198 valence electrons. The van der Waals surface area contributed by atoms with Crippen LogP contribution in [0.3, 0.4) is 0 Å². The second kappa shape index (κ2) is 12.0. The number of nitrogens with one attached hydrogen (secondary N) is 2. The fourth-order valence-electron chi connectivity index (χ4n) is 4.37. The molecule has 9 heteroatoms. The lowest BCUT2D eigenvalue weighted by molar-refractivity contribution is -0.114. The molecule has 0 saturated carbocycles. The zero-order valence-electron chi connectivity index (χ0n) is 22.2. The lowest BCUT2D eigenvalue weighted by Gasteiger charge is -2.35. The Hall–Kier alpha value is -4.11. The van der Waals surface area contributed by atoms with E-state index in [2.05, 4.69) is 40.7 Å². The highest BCUT2D eigenvalue weighted by molar-refractivity contribution is 5.95. The van der Waals surface area contributed by atoms with Crippen LogP contribution in [0.5, 0.6) is 0 Å². The molecule has 0 radical (unpaired) electrons. The van der Waals surface area contributed by atoms with Crippen molar-refractivity contribution in [3.63, 3.8) is 0 Å². The molecule has 0 spiro atoms. The van der Waals surface area contributed by atoms with E-state index in [4.69, 9.17) is 5.10 Å². The van der Waals surface area contributed by atoms with Crippen molar-refractivity contribution in [2.75, 3.05) is 29.9 Å². The van der Waals surface area contributed by atoms with E-state index in [1.54, 1.807) is 10.9 Å². The number of nitrogens with zero attached hydrogens (tertiary/aromatic N) is 5. The fourth-order valence-corrected chi connectivity index (χ4v) is 4.37. The quantitative estimate of drug-likeness (QED) is 0.336. The highest BCUT2D eigenvalue weighted by atomic mass is 19.1. The minimum absolute atomic E-state index is 0.0275. The van der Waals surface area contributed by atoms with Gasteiger partial charge >= 0.3 is 0 Å². The van der Waals surface area contributed by atoms with Gasteiger partial charge in [0.25, 0.3) is 0 Å². The van der Waals surface area contributed by atoms with Crippen LogP contribution < -0.4 is 15.5 Å². The van der Waals surface area contributed by atoms with Crippen molar-refractivity contribution < 1.29 is 9.18 Å². The number of hydrogen-bond donors (Lipinski definition) is 2. The average Bonchev–Trinajstić information content (AvgIpc) is 3.34. The largest absolute Gasteiger partial charge is 0.316 e. The Labute approximate surface area is 223 Å². The van der Waals surface area contributed by atoms with E-state index < -0.39 is 5.82 Å². The minimum Gasteiger partial charge on any atom is -0.316 e. The molecule has 0 aromatic carbocycles. The van der Waals surface area contributed by atoms with Crippen molar-refractivity contribution in [3.8, 4) is 11.4 Å². The number of anilines is 2. The van der Waals surface area contributed by atoms with E-state index in [9.17, 15) is 9.18 Å². The van der Waals surface area contributed by atoms with Crippen LogP contribution in [0.1, 0.15) is 38.7 Å². The molecule has 1 aliphatic rings. The molecule has 0 saturated heterocycles. The van der Waals surface area contributed by atoms with Crippen molar-refractivity contribution in [1.29, 1.82) is 0 Å². The van der Waals surface area contributed by atoms with Gasteiger partial charge in [-0.25, -0.2) is 14.1 Å². The maximum atomic E-state index is 13.3. The van der Waals surface area contributed by atoms with Crippen molar-refractivity contribution in [1.82, 2.24) is 25.1 Å². The summed E-state index contributed by atoms with van der Waals surface area (Å²) in [5.41, 5.74) is 5.70. The number of allylic oxidation sites excluding steroid dienone is 1. The first-order valence-electron chi connectivity index (χ1n) is 12.8. The number of aryl methyl sites for hydroxylation is 1. The number of unbranched alkanes of at least 4 members (excludes halogenated alkanes) is 2. The van der Waals surface area contributed by atoms with Crippen LogP contribution in [0.15, 0.2) is 72.7 Å². The summed E-state index contributed by atoms with van der Waals surface area (Å²) in [6, 6.07) is 8.50.